The van der Waals surface area contributed by atoms with Gasteiger partial charge in [0.05, 0.1) is 24.7 Å². The number of hydrogen-bond acceptors (Lipinski definition) is 9. The number of ether oxygens (including phenoxy) is 3. The van der Waals surface area contributed by atoms with Gasteiger partial charge in [-0.2, -0.15) is 0 Å². The molecule has 0 bridgehead atoms. The number of amides is 3. The minimum Gasteiger partial charge on any atom is -0.481 e. The zero-order valence-electron chi connectivity index (χ0n) is 20.6. The fourth-order valence-electron chi connectivity index (χ4n) is 3.80. The van der Waals surface area contributed by atoms with Crippen LogP contribution < -0.4 is 15.0 Å². The maximum absolute atomic E-state index is 13.0. The van der Waals surface area contributed by atoms with Gasteiger partial charge in [0.25, 0.3) is 11.1 Å². The third-order valence-corrected chi connectivity index (χ3v) is 7.01. The number of benzene rings is 2. The van der Waals surface area contributed by atoms with Crippen molar-refractivity contribution in [3.8, 4) is 5.75 Å². The second-order valence-electron chi connectivity index (χ2n) is 8.24. The zero-order chi connectivity index (χ0) is 27.1. The first kappa shape index (κ1) is 27.7. The maximum Gasteiger partial charge on any atom is 0.344 e. The zero-order valence-corrected chi connectivity index (χ0v) is 23.0. The van der Waals surface area contributed by atoms with Crippen molar-refractivity contribution in [3.63, 3.8) is 0 Å². The van der Waals surface area contributed by atoms with Crippen molar-refractivity contribution in [1.82, 2.24) is 4.90 Å². The maximum atomic E-state index is 13.0. The average molecular weight is 604 g/mol. The van der Waals surface area contributed by atoms with Crippen molar-refractivity contribution >= 4 is 68.2 Å². The molecule has 4 rings (SSSR count). The SMILES string of the molecule is CCOC(=O)COc1ccc(Br)cc1/C=C1/SC(=O)N(CC(=O)Nc2ccc(N3CCOCC3)cc2)C1=O. The van der Waals surface area contributed by atoms with Crippen molar-refractivity contribution in [2.24, 2.45) is 0 Å². The van der Waals surface area contributed by atoms with Crippen LogP contribution in [0.15, 0.2) is 51.8 Å². The molecule has 3 amide bonds. The number of nitrogens with one attached hydrogen (secondary N) is 1. The van der Waals surface area contributed by atoms with Gasteiger partial charge in [0.2, 0.25) is 5.91 Å². The molecule has 0 saturated carbocycles. The van der Waals surface area contributed by atoms with Crippen LogP contribution in [0.3, 0.4) is 0 Å². The van der Waals surface area contributed by atoms with E-state index in [2.05, 4.69) is 26.1 Å². The normalized spacial score (nSPS) is 16.6. The summed E-state index contributed by atoms with van der Waals surface area (Å²) in [4.78, 5) is 53.1. The Morgan fingerprint density at radius 3 is 2.58 bits per heavy atom. The molecule has 0 spiro atoms. The first-order valence-corrected chi connectivity index (χ1v) is 13.5. The highest BCUT2D eigenvalue weighted by Crippen LogP contribution is 2.35. The Morgan fingerprint density at radius 2 is 1.87 bits per heavy atom. The summed E-state index contributed by atoms with van der Waals surface area (Å²) in [5, 5.41) is 2.18. The second-order valence-corrected chi connectivity index (χ2v) is 10.1. The molecule has 1 N–H and O–H groups in total. The molecule has 2 heterocycles. The minimum atomic E-state index is -0.589. The van der Waals surface area contributed by atoms with Gasteiger partial charge in [0.15, 0.2) is 6.61 Å². The Labute approximate surface area is 232 Å². The van der Waals surface area contributed by atoms with E-state index in [0.29, 0.717) is 34.7 Å². The lowest BCUT2D eigenvalue weighted by molar-refractivity contribution is -0.145. The predicted octanol–water partition coefficient (Wildman–Crippen LogP) is 3.90. The highest BCUT2D eigenvalue weighted by molar-refractivity contribution is 9.10. The van der Waals surface area contributed by atoms with Gasteiger partial charge in [-0.25, -0.2) is 4.79 Å². The third kappa shape index (κ3) is 7.15. The van der Waals surface area contributed by atoms with E-state index < -0.39 is 29.6 Å². The van der Waals surface area contributed by atoms with Gasteiger partial charge in [0.1, 0.15) is 12.3 Å². The first-order valence-electron chi connectivity index (χ1n) is 11.9. The molecular formula is C26H26BrN3O7S. The first-order chi connectivity index (χ1) is 18.3. The van der Waals surface area contributed by atoms with Crippen LogP contribution in [0.5, 0.6) is 5.75 Å². The summed E-state index contributed by atoms with van der Waals surface area (Å²) in [5.74, 6) is -1.27. The van der Waals surface area contributed by atoms with Gasteiger partial charge in [-0.15, -0.1) is 0 Å². The molecule has 0 unspecified atom stereocenters. The van der Waals surface area contributed by atoms with Crippen molar-refractivity contribution < 1.29 is 33.4 Å². The summed E-state index contributed by atoms with van der Waals surface area (Å²) in [7, 11) is 0. The lowest BCUT2D eigenvalue weighted by atomic mass is 10.2. The Kier molecular flexibility index (Phi) is 9.43. The summed E-state index contributed by atoms with van der Waals surface area (Å²) < 4.78 is 16.5. The molecule has 0 aliphatic carbocycles. The van der Waals surface area contributed by atoms with E-state index in [1.54, 1.807) is 37.3 Å². The smallest absolute Gasteiger partial charge is 0.344 e. The molecule has 38 heavy (non-hydrogen) atoms. The number of carbonyl (C=O) groups is 4. The molecule has 2 aromatic carbocycles. The largest absolute Gasteiger partial charge is 0.481 e. The molecule has 2 aromatic rings. The fraction of sp³-hybridized carbons (Fsp3) is 0.308. The van der Waals surface area contributed by atoms with Gasteiger partial charge in [-0.3, -0.25) is 19.3 Å². The monoisotopic (exact) mass is 603 g/mol. The Bertz CT molecular complexity index is 1250. The second kappa shape index (κ2) is 12.9. The Balaban J connectivity index is 1.39. The van der Waals surface area contributed by atoms with E-state index in [1.165, 1.54) is 6.08 Å². The van der Waals surface area contributed by atoms with Crippen LogP contribution in [0.1, 0.15) is 12.5 Å². The van der Waals surface area contributed by atoms with Gasteiger partial charge < -0.3 is 24.4 Å². The highest BCUT2D eigenvalue weighted by Gasteiger charge is 2.36. The summed E-state index contributed by atoms with van der Waals surface area (Å²) in [6.45, 7) is 4.16. The molecule has 200 valence electrons. The van der Waals surface area contributed by atoms with Crippen LogP contribution in [0.2, 0.25) is 0 Å². The fourth-order valence-corrected chi connectivity index (χ4v) is 5.01. The van der Waals surface area contributed by atoms with Crippen molar-refractivity contribution in [3.05, 3.63) is 57.4 Å². The topological polar surface area (TPSA) is 114 Å². The van der Waals surface area contributed by atoms with E-state index in [9.17, 15) is 19.2 Å². The van der Waals surface area contributed by atoms with Gasteiger partial charge in [0, 0.05) is 34.5 Å². The number of esters is 1. The standard InChI is InChI=1S/C26H26BrN3O7S/c1-2-36-24(32)16-37-21-8-3-18(27)13-17(21)14-22-25(33)30(26(34)38-22)15-23(31)28-19-4-6-20(7-5-19)29-9-11-35-12-10-29/h3-8,13-14H,2,9-12,15-16H2,1H3,(H,28,31)/b22-14+. The van der Waals surface area contributed by atoms with Crippen LogP contribution in [0.25, 0.3) is 6.08 Å². The summed E-state index contributed by atoms with van der Waals surface area (Å²) in [5.41, 5.74) is 2.08. The number of anilines is 2. The number of rotatable bonds is 9. The van der Waals surface area contributed by atoms with E-state index in [0.717, 1.165) is 35.4 Å². The number of hydrogen-bond donors (Lipinski definition) is 1. The Hall–Kier alpha value is -3.35. The molecule has 0 atom stereocenters. The Morgan fingerprint density at radius 1 is 1.13 bits per heavy atom. The van der Waals surface area contributed by atoms with Crippen molar-refractivity contribution in [1.29, 1.82) is 0 Å². The van der Waals surface area contributed by atoms with Crippen LogP contribution in [-0.4, -0.2) is 74.0 Å². The van der Waals surface area contributed by atoms with Crippen molar-refractivity contribution in [2.45, 2.75) is 6.92 Å². The van der Waals surface area contributed by atoms with E-state index in [1.807, 2.05) is 12.1 Å². The average Bonchev–Trinajstić information content (AvgIpc) is 3.16. The molecule has 2 fully saturated rings. The van der Waals surface area contributed by atoms with Crippen molar-refractivity contribution in [2.75, 3.05) is 56.3 Å². The molecule has 2 saturated heterocycles. The molecule has 0 radical (unpaired) electrons. The van der Waals surface area contributed by atoms with Gasteiger partial charge in [-0.1, -0.05) is 15.9 Å². The summed E-state index contributed by atoms with van der Waals surface area (Å²) in [6, 6.07) is 12.4. The number of morpholine rings is 1. The number of nitrogens with zero attached hydrogens (tertiary/aromatic N) is 2. The number of halogens is 1. The molecule has 2 aliphatic rings. The third-order valence-electron chi connectivity index (χ3n) is 5.61. The molecule has 12 heteroatoms. The summed E-state index contributed by atoms with van der Waals surface area (Å²) in [6.07, 6.45) is 1.50. The molecule has 2 aliphatic heterocycles. The molecule has 10 nitrogen and oxygen atoms in total. The molecular weight excluding hydrogens is 578 g/mol. The minimum absolute atomic E-state index is 0.136. The quantitative estimate of drug-likeness (QED) is 0.336. The highest BCUT2D eigenvalue weighted by atomic mass is 79.9. The number of imide groups is 1. The van der Waals surface area contributed by atoms with Crippen LogP contribution in [-0.2, 0) is 23.9 Å². The van der Waals surface area contributed by atoms with Crippen LogP contribution >= 0.6 is 27.7 Å². The van der Waals surface area contributed by atoms with Crippen LogP contribution in [0.4, 0.5) is 16.2 Å². The predicted molar refractivity (Wildman–Crippen MR) is 147 cm³/mol. The molecule has 0 aromatic heterocycles. The van der Waals surface area contributed by atoms with Crippen LogP contribution in [0, 0.1) is 0 Å². The van der Waals surface area contributed by atoms with E-state index >= 15 is 0 Å². The van der Waals surface area contributed by atoms with E-state index in [-0.39, 0.29) is 18.1 Å². The lowest BCUT2D eigenvalue weighted by Crippen LogP contribution is -2.36. The number of carbonyl (C=O) groups excluding carboxylic acids is 4. The van der Waals surface area contributed by atoms with E-state index in [4.69, 9.17) is 14.2 Å². The van der Waals surface area contributed by atoms with Gasteiger partial charge in [-0.05, 0) is 67.2 Å². The summed E-state index contributed by atoms with van der Waals surface area (Å²) >= 11 is 4.10. The number of thioether (sulfide) groups is 1. The lowest BCUT2D eigenvalue weighted by Gasteiger charge is -2.28. The van der Waals surface area contributed by atoms with Gasteiger partial charge >= 0.3 is 5.97 Å².